The molecule has 10 heteroatoms. The number of hydrogen-bond donors (Lipinski definition) is 1. The van der Waals surface area contributed by atoms with E-state index < -0.39 is 21.9 Å². The summed E-state index contributed by atoms with van der Waals surface area (Å²) in [5.74, 6) is 0. The highest BCUT2D eigenvalue weighted by atomic mass is 32.2. The van der Waals surface area contributed by atoms with Crippen LogP contribution in [0, 0.1) is 6.92 Å². The van der Waals surface area contributed by atoms with Crippen LogP contribution < -0.4 is 4.72 Å². The number of benzene rings is 1. The lowest BCUT2D eigenvalue weighted by molar-refractivity contribution is -0.142. The smallest absolute Gasteiger partial charge is 0.376 e. The number of aromatic nitrogens is 2. The predicted molar refractivity (Wildman–Crippen MR) is 87.0 cm³/mol. The first kappa shape index (κ1) is 18.9. The molecule has 0 bridgehead atoms. The van der Waals surface area contributed by atoms with E-state index in [9.17, 15) is 21.6 Å². The average molecular weight is 389 g/mol. The Morgan fingerprint density at radius 3 is 2.81 bits per heavy atom. The van der Waals surface area contributed by atoms with E-state index in [1.165, 1.54) is 16.8 Å². The first-order valence-electron chi connectivity index (χ1n) is 7.98. The SMILES string of the molecule is Cc1cccc(S(=O)(=O)NCCn2nc(C(F)(F)F)c3c2CCOC3)c1. The molecular weight excluding hydrogens is 371 g/mol. The van der Waals surface area contributed by atoms with E-state index in [4.69, 9.17) is 4.74 Å². The van der Waals surface area contributed by atoms with Gasteiger partial charge in [-0.05, 0) is 24.6 Å². The van der Waals surface area contributed by atoms with Gasteiger partial charge in [-0.3, -0.25) is 4.68 Å². The van der Waals surface area contributed by atoms with Crippen LogP contribution in [0.2, 0.25) is 0 Å². The lowest BCUT2D eigenvalue weighted by atomic mass is 10.1. The topological polar surface area (TPSA) is 73.2 Å². The molecule has 1 aliphatic heterocycles. The molecule has 0 spiro atoms. The third kappa shape index (κ3) is 3.92. The van der Waals surface area contributed by atoms with Crippen molar-refractivity contribution in [2.75, 3.05) is 13.2 Å². The van der Waals surface area contributed by atoms with Crippen LogP contribution in [0.1, 0.15) is 22.5 Å². The minimum Gasteiger partial charge on any atom is -0.376 e. The zero-order valence-corrected chi connectivity index (χ0v) is 14.8. The first-order chi connectivity index (χ1) is 12.2. The molecule has 0 aliphatic carbocycles. The highest BCUT2D eigenvalue weighted by Gasteiger charge is 2.39. The van der Waals surface area contributed by atoms with Crippen molar-refractivity contribution in [1.82, 2.24) is 14.5 Å². The summed E-state index contributed by atoms with van der Waals surface area (Å²) in [7, 11) is -3.73. The monoisotopic (exact) mass is 389 g/mol. The molecule has 0 atom stereocenters. The second kappa shape index (κ2) is 7.01. The fraction of sp³-hybridized carbons (Fsp3) is 0.438. The maximum absolute atomic E-state index is 13.1. The number of ether oxygens (including phenoxy) is 1. The van der Waals surface area contributed by atoms with Gasteiger partial charge in [0.2, 0.25) is 10.0 Å². The normalized spacial score (nSPS) is 15.1. The molecule has 0 saturated heterocycles. The fourth-order valence-electron chi connectivity index (χ4n) is 2.87. The Balaban J connectivity index is 1.75. The van der Waals surface area contributed by atoms with Crippen LogP contribution in [0.5, 0.6) is 0 Å². The molecule has 0 unspecified atom stereocenters. The Morgan fingerprint density at radius 2 is 2.12 bits per heavy atom. The fourth-order valence-corrected chi connectivity index (χ4v) is 4.00. The van der Waals surface area contributed by atoms with Crippen molar-refractivity contribution < 1.29 is 26.3 Å². The Bertz CT molecular complexity index is 907. The Hall–Kier alpha value is -1.91. The van der Waals surface area contributed by atoms with Crippen molar-refractivity contribution in [2.45, 2.75) is 37.6 Å². The zero-order chi connectivity index (χ0) is 18.9. The van der Waals surface area contributed by atoms with Crippen LogP contribution in [-0.2, 0) is 40.5 Å². The van der Waals surface area contributed by atoms with Crippen LogP contribution in [0.4, 0.5) is 13.2 Å². The van der Waals surface area contributed by atoms with Gasteiger partial charge in [-0.25, -0.2) is 13.1 Å². The van der Waals surface area contributed by atoms with Gasteiger partial charge in [0, 0.05) is 24.2 Å². The van der Waals surface area contributed by atoms with E-state index in [1.807, 2.05) is 0 Å². The summed E-state index contributed by atoms with van der Waals surface area (Å²) >= 11 is 0. The summed E-state index contributed by atoms with van der Waals surface area (Å²) in [6.45, 7) is 1.88. The van der Waals surface area contributed by atoms with Gasteiger partial charge in [0.25, 0.3) is 0 Å². The van der Waals surface area contributed by atoms with Crippen molar-refractivity contribution in [3.8, 4) is 0 Å². The van der Waals surface area contributed by atoms with Gasteiger partial charge in [0.05, 0.1) is 24.7 Å². The van der Waals surface area contributed by atoms with E-state index in [0.717, 1.165) is 5.56 Å². The maximum atomic E-state index is 13.1. The molecule has 0 saturated carbocycles. The molecule has 2 heterocycles. The van der Waals surface area contributed by atoms with Gasteiger partial charge in [0.1, 0.15) is 0 Å². The predicted octanol–water partition coefficient (Wildman–Crippen LogP) is 2.26. The number of nitrogens with one attached hydrogen (secondary N) is 1. The lowest BCUT2D eigenvalue weighted by Gasteiger charge is -2.15. The number of rotatable bonds is 5. The van der Waals surface area contributed by atoms with E-state index in [1.54, 1.807) is 19.1 Å². The Kier molecular flexibility index (Phi) is 5.09. The molecule has 1 aromatic heterocycles. The summed E-state index contributed by atoms with van der Waals surface area (Å²) in [6.07, 6.45) is -4.26. The number of hydrogen-bond acceptors (Lipinski definition) is 4. The number of sulfonamides is 1. The minimum atomic E-state index is -4.57. The average Bonchev–Trinajstić information content (AvgIpc) is 2.94. The van der Waals surface area contributed by atoms with Crippen molar-refractivity contribution in [3.63, 3.8) is 0 Å². The van der Waals surface area contributed by atoms with E-state index in [0.29, 0.717) is 18.7 Å². The number of alkyl halides is 3. The van der Waals surface area contributed by atoms with Crippen molar-refractivity contribution in [3.05, 3.63) is 46.8 Å². The summed E-state index contributed by atoms with van der Waals surface area (Å²) in [4.78, 5) is 0.115. The Morgan fingerprint density at radius 1 is 1.35 bits per heavy atom. The van der Waals surface area contributed by atoms with Gasteiger partial charge in [-0.15, -0.1) is 0 Å². The van der Waals surface area contributed by atoms with Crippen molar-refractivity contribution >= 4 is 10.0 Å². The third-order valence-electron chi connectivity index (χ3n) is 4.08. The second-order valence-corrected chi connectivity index (χ2v) is 7.78. The van der Waals surface area contributed by atoms with Gasteiger partial charge >= 0.3 is 6.18 Å². The van der Waals surface area contributed by atoms with E-state index in [2.05, 4.69) is 9.82 Å². The van der Waals surface area contributed by atoms with Crippen LogP contribution in [0.15, 0.2) is 29.2 Å². The lowest BCUT2D eigenvalue weighted by Crippen LogP contribution is -2.28. The van der Waals surface area contributed by atoms with E-state index >= 15 is 0 Å². The molecule has 26 heavy (non-hydrogen) atoms. The van der Waals surface area contributed by atoms with Crippen LogP contribution in [-0.4, -0.2) is 31.3 Å². The summed E-state index contributed by atoms with van der Waals surface area (Å²) in [6, 6.07) is 6.39. The van der Waals surface area contributed by atoms with Crippen molar-refractivity contribution in [2.24, 2.45) is 0 Å². The second-order valence-electron chi connectivity index (χ2n) is 6.01. The molecule has 3 rings (SSSR count). The van der Waals surface area contributed by atoms with Gasteiger partial charge in [-0.1, -0.05) is 12.1 Å². The van der Waals surface area contributed by atoms with Crippen LogP contribution in [0.3, 0.4) is 0 Å². The Labute approximate surface area is 149 Å². The van der Waals surface area contributed by atoms with Gasteiger partial charge in [-0.2, -0.15) is 18.3 Å². The minimum absolute atomic E-state index is 0.00343. The van der Waals surface area contributed by atoms with Crippen LogP contribution in [0.25, 0.3) is 0 Å². The number of halogens is 3. The molecule has 0 radical (unpaired) electrons. The molecule has 6 nitrogen and oxygen atoms in total. The molecule has 2 aromatic rings. The number of nitrogens with zero attached hydrogens (tertiary/aromatic N) is 2. The zero-order valence-electron chi connectivity index (χ0n) is 14.0. The standard InChI is InChI=1S/C16H18F3N3O3S/c1-11-3-2-4-12(9-11)26(23,24)20-6-7-22-14-5-8-25-10-13(14)15(21-22)16(17,18)19/h2-4,9,20H,5-8,10H2,1H3. The molecule has 0 fully saturated rings. The quantitative estimate of drug-likeness (QED) is 0.852. The van der Waals surface area contributed by atoms with Gasteiger partial charge in [0.15, 0.2) is 5.69 Å². The summed E-state index contributed by atoms with van der Waals surface area (Å²) in [5, 5.41) is 3.65. The number of fused-ring (bicyclic) bond motifs is 1. The largest absolute Gasteiger partial charge is 0.435 e. The molecule has 1 aromatic carbocycles. The molecule has 0 amide bonds. The third-order valence-corrected chi connectivity index (χ3v) is 5.54. The maximum Gasteiger partial charge on any atom is 0.435 e. The van der Waals surface area contributed by atoms with Gasteiger partial charge < -0.3 is 4.74 Å². The molecule has 1 aliphatic rings. The number of aryl methyl sites for hydroxylation is 1. The summed E-state index contributed by atoms with van der Waals surface area (Å²) < 4.78 is 72.7. The summed E-state index contributed by atoms with van der Waals surface area (Å²) in [5.41, 5.74) is 0.307. The highest BCUT2D eigenvalue weighted by molar-refractivity contribution is 7.89. The molecule has 142 valence electrons. The molecular formula is C16H18F3N3O3S. The van der Waals surface area contributed by atoms with E-state index in [-0.39, 0.29) is 30.2 Å². The highest BCUT2D eigenvalue weighted by Crippen LogP contribution is 2.34. The van der Waals surface area contributed by atoms with Crippen LogP contribution >= 0.6 is 0 Å². The molecule has 1 N–H and O–H groups in total. The first-order valence-corrected chi connectivity index (χ1v) is 9.46. The van der Waals surface area contributed by atoms with Crippen molar-refractivity contribution in [1.29, 1.82) is 0 Å².